The molecule has 0 radical (unpaired) electrons. The van der Waals surface area contributed by atoms with E-state index in [-0.39, 0.29) is 0 Å². The summed E-state index contributed by atoms with van der Waals surface area (Å²) in [6, 6.07) is 10.9. The number of nitrogens with one attached hydrogen (secondary N) is 2. The number of fused-ring (bicyclic) bond motifs is 1. The zero-order chi connectivity index (χ0) is 14.9. The number of H-pyrrole nitrogens is 1. The molecule has 6 heteroatoms. The number of alkyl halides is 3. The fourth-order valence-electron chi connectivity index (χ4n) is 2.18. The Labute approximate surface area is 118 Å². The van der Waals surface area contributed by atoms with E-state index in [1.165, 1.54) is 6.07 Å². The minimum Gasteiger partial charge on any atom is -0.380 e. The van der Waals surface area contributed by atoms with Gasteiger partial charge in [-0.2, -0.15) is 18.3 Å². The first kappa shape index (κ1) is 13.5. The predicted octanol–water partition coefficient (Wildman–Crippen LogP) is 4.19. The second kappa shape index (κ2) is 5.12. The number of aromatic nitrogens is 2. The molecule has 3 aromatic rings. The molecule has 0 bridgehead atoms. The standard InChI is InChI=1S/C15H12F3N3/c16-15(17,18)11-4-1-3-10(7-11)8-19-13-5-2-6-14-12(13)9-20-21-14/h1-7,9,19H,8H2,(H,20,21). The second-order valence-electron chi connectivity index (χ2n) is 4.69. The van der Waals surface area contributed by atoms with Crippen LogP contribution in [0.1, 0.15) is 11.1 Å². The molecule has 0 aliphatic carbocycles. The first-order chi connectivity index (χ1) is 10.0. The molecule has 2 N–H and O–H groups in total. The van der Waals surface area contributed by atoms with Crippen LogP contribution in [-0.4, -0.2) is 10.2 Å². The molecule has 1 aromatic heterocycles. The van der Waals surface area contributed by atoms with Crippen LogP contribution in [-0.2, 0) is 12.7 Å². The Morgan fingerprint density at radius 1 is 1.10 bits per heavy atom. The summed E-state index contributed by atoms with van der Waals surface area (Å²) in [6.07, 6.45) is -2.63. The number of aromatic amines is 1. The highest BCUT2D eigenvalue weighted by atomic mass is 19.4. The van der Waals surface area contributed by atoms with Gasteiger partial charge in [-0.05, 0) is 29.8 Å². The minimum atomic E-state index is -4.32. The van der Waals surface area contributed by atoms with Crippen LogP contribution >= 0.6 is 0 Å². The number of nitrogens with zero attached hydrogens (tertiary/aromatic N) is 1. The summed E-state index contributed by atoms with van der Waals surface area (Å²) in [4.78, 5) is 0. The van der Waals surface area contributed by atoms with Crippen LogP contribution in [0.2, 0.25) is 0 Å². The van der Waals surface area contributed by atoms with Gasteiger partial charge in [0.25, 0.3) is 0 Å². The van der Waals surface area contributed by atoms with Crippen LogP contribution in [0.4, 0.5) is 18.9 Å². The molecule has 0 aliphatic rings. The van der Waals surface area contributed by atoms with Crippen molar-refractivity contribution in [1.82, 2.24) is 10.2 Å². The van der Waals surface area contributed by atoms with Crippen molar-refractivity contribution >= 4 is 16.6 Å². The van der Waals surface area contributed by atoms with E-state index in [9.17, 15) is 13.2 Å². The molecule has 0 unspecified atom stereocenters. The maximum atomic E-state index is 12.7. The van der Waals surface area contributed by atoms with Crippen LogP contribution in [0.5, 0.6) is 0 Å². The van der Waals surface area contributed by atoms with E-state index in [1.54, 1.807) is 12.3 Å². The van der Waals surface area contributed by atoms with Gasteiger partial charge in [-0.25, -0.2) is 0 Å². The fraction of sp³-hybridized carbons (Fsp3) is 0.133. The van der Waals surface area contributed by atoms with Crippen molar-refractivity contribution in [2.45, 2.75) is 12.7 Å². The van der Waals surface area contributed by atoms with Gasteiger partial charge in [0.1, 0.15) is 0 Å². The third kappa shape index (κ3) is 2.84. The summed E-state index contributed by atoms with van der Waals surface area (Å²) < 4.78 is 38.0. The molecule has 0 fully saturated rings. The first-order valence-electron chi connectivity index (χ1n) is 6.36. The molecule has 0 saturated carbocycles. The Balaban J connectivity index is 1.80. The van der Waals surface area contributed by atoms with E-state index in [2.05, 4.69) is 15.5 Å². The lowest BCUT2D eigenvalue weighted by molar-refractivity contribution is -0.137. The number of benzene rings is 2. The highest BCUT2D eigenvalue weighted by molar-refractivity contribution is 5.90. The highest BCUT2D eigenvalue weighted by Gasteiger charge is 2.30. The van der Waals surface area contributed by atoms with Crippen LogP contribution in [0.15, 0.2) is 48.7 Å². The van der Waals surface area contributed by atoms with Gasteiger partial charge in [0.05, 0.1) is 17.3 Å². The molecule has 0 amide bonds. The molecule has 1 heterocycles. The lowest BCUT2D eigenvalue weighted by Crippen LogP contribution is -2.06. The largest absolute Gasteiger partial charge is 0.416 e. The van der Waals surface area contributed by atoms with Crippen LogP contribution in [0, 0.1) is 0 Å². The Kier molecular flexibility index (Phi) is 3.29. The summed E-state index contributed by atoms with van der Waals surface area (Å²) in [7, 11) is 0. The van der Waals surface area contributed by atoms with Gasteiger partial charge in [0.15, 0.2) is 0 Å². The number of halogens is 3. The van der Waals surface area contributed by atoms with Crippen molar-refractivity contribution in [2.24, 2.45) is 0 Å². The summed E-state index contributed by atoms with van der Waals surface area (Å²) in [6.45, 7) is 0.314. The summed E-state index contributed by atoms with van der Waals surface area (Å²) in [5.74, 6) is 0. The predicted molar refractivity (Wildman–Crippen MR) is 74.9 cm³/mol. The second-order valence-corrected chi connectivity index (χ2v) is 4.69. The van der Waals surface area contributed by atoms with Gasteiger partial charge in [-0.15, -0.1) is 0 Å². The maximum absolute atomic E-state index is 12.7. The Morgan fingerprint density at radius 2 is 1.90 bits per heavy atom. The summed E-state index contributed by atoms with van der Waals surface area (Å²) >= 11 is 0. The average Bonchev–Trinajstić information content (AvgIpc) is 2.93. The van der Waals surface area contributed by atoms with Crippen molar-refractivity contribution < 1.29 is 13.2 Å². The molecule has 3 nitrogen and oxygen atoms in total. The molecular formula is C15H12F3N3. The lowest BCUT2D eigenvalue weighted by Gasteiger charge is -2.10. The van der Waals surface area contributed by atoms with Crippen LogP contribution in [0.25, 0.3) is 10.9 Å². The van der Waals surface area contributed by atoms with Crippen molar-refractivity contribution in [1.29, 1.82) is 0 Å². The van der Waals surface area contributed by atoms with E-state index in [1.807, 2.05) is 18.2 Å². The molecule has 3 rings (SSSR count). The Bertz CT molecular complexity index is 762. The van der Waals surface area contributed by atoms with Gasteiger partial charge in [0.2, 0.25) is 0 Å². The summed E-state index contributed by atoms with van der Waals surface area (Å²) in [5.41, 5.74) is 1.65. The monoisotopic (exact) mass is 291 g/mol. The van der Waals surface area contributed by atoms with Crippen molar-refractivity contribution in [3.63, 3.8) is 0 Å². The third-order valence-electron chi connectivity index (χ3n) is 3.22. The van der Waals surface area contributed by atoms with Crippen molar-refractivity contribution in [3.05, 3.63) is 59.8 Å². The SMILES string of the molecule is FC(F)(F)c1cccc(CNc2cccc3[nH]ncc23)c1. The average molecular weight is 291 g/mol. The lowest BCUT2D eigenvalue weighted by atomic mass is 10.1. The zero-order valence-electron chi connectivity index (χ0n) is 10.9. The van der Waals surface area contributed by atoms with E-state index in [4.69, 9.17) is 0 Å². The number of anilines is 1. The topological polar surface area (TPSA) is 40.7 Å². The number of hydrogen-bond acceptors (Lipinski definition) is 2. The quantitative estimate of drug-likeness (QED) is 0.759. The first-order valence-corrected chi connectivity index (χ1v) is 6.36. The minimum absolute atomic E-state index is 0.314. The maximum Gasteiger partial charge on any atom is 0.416 e. The molecule has 0 atom stereocenters. The van der Waals surface area contributed by atoms with E-state index >= 15 is 0 Å². The van der Waals surface area contributed by atoms with E-state index in [0.717, 1.165) is 28.7 Å². The van der Waals surface area contributed by atoms with Crippen LogP contribution < -0.4 is 5.32 Å². The molecule has 108 valence electrons. The molecule has 0 aliphatic heterocycles. The smallest absolute Gasteiger partial charge is 0.380 e. The highest BCUT2D eigenvalue weighted by Crippen LogP contribution is 2.30. The van der Waals surface area contributed by atoms with Crippen LogP contribution in [0.3, 0.4) is 0 Å². The van der Waals surface area contributed by atoms with E-state index < -0.39 is 11.7 Å². The van der Waals surface area contributed by atoms with Crippen molar-refractivity contribution in [2.75, 3.05) is 5.32 Å². The number of rotatable bonds is 3. The third-order valence-corrected chi connectivity index (χ3v) is 3.22. The molecule has 2 aromatic carbocycles. The molecule has 0 spiro atoms. The van der Waals surface area contributed by atoms with Gasteiger partial charge in [-0.3, -0.25) is 5.10 Å². The molecular weight excluding hydrogens is 279 g/mol. The number of hydrogen-bond donors (Lipinski definition) is 2. The summed E-state index contributed by atoms with van der Waals surface area (Å²) in [5, 5.41) is 10.8. The van der Waals surface area contributed by atoms with Gasteiger partial charge in [-0.1, -0.05) is 18.2 Å². The van der Waals surface area contributed by atoms with Crippen molar-refractivity contribution in [3.8, 4) is 0 Å². The normalized spacial score (nSPS) is 11.8. The van der Waals surface area contributed by atoms with Gasteiger partial charge >= 0.3 is 6.18 Å². The van der Waals surface area contributed by atoms with Gasteiger partial charge in [0, 0.05) is 17.6 Å². The molecule has 0 saturated heterocycles. The molecule has 21 heavy (non-hydrogen) atoms. The fourth-order valence-corrected chi connectivity index (χ4v) is 2.18. The Morgan fingerprint density at radius 3 is 2.71 bits per heavy atom. The Hall–Kier alpha value is -2.50. The zero-order valence-corrected chi connectivity index (χ0v) is 10.9. The van der Waals surface area contributed by atoms with E-state index in [0.29, 0.717) is 12.1 Å². The van der Waals surface area contributed by atoms with Gasteiger partial charge < -0.3 is 5.32 Å².